The third-order valence-corrected chi connectivity index (χ3v) is 4.93. The molecule has 0 saturated carbocycles. The van der Waals surface area contributed by atoms with Gasteiger partial charge >= 0.3 is 5.97 Å². The van der Waals surface area contributed by atoms with Gasteiger partial charge in [0, 0.05) is 44.7 Å². The predicted molar refractivity (Wildman–Crippen MR) is 106 cm³/mol. The van der Waals surface area contributed by atoms with E-state index in [1.54, 1.807) is 18.0 Å². The van der Waals surface area contributed by atoms with Crippen molar-refractivity contribution in [1.29, 1.82) is 0 Å². The fourth-order valence-electron chi connectivity index (χ4n) is 3.18. The van der Waals surface area contributed by atoms with Crippen LogP contribution in [0, 0.1) is 0 Å². The highest BCUT2D eigenvalue weighted by Crippen LogP contribution is 2.12. The number of amides is 1. The van der Waals surface area contributed by atoms with E-state index < -0.39 is 5.97 Å². The zero-order valence-corrected chi connectivity index (χ0v) is 16.7. The molecule has 1 aromatic rings. The van der Waals surface area contributed by atoms with Crippen molar-refractivity contribution in [2.45, 2.75) is 52.0 Å². The summed E-state index contributed by atoms with van der Waals surface area (Å²) in [6.45, 7) is 6.50. The Kier molecular flexibility index (Phi) is 10.3. The lowest BCUT2D eigenvalue weighted by molar-refractivity contribution is -0.140. The number of hydrogen-bond acceptors (Lipinski definition) is 4. The summed E-state index contributed by atoms with van der Waals surface area (Å²) in [5.41, 5.74) is 1.81. The molecule has 0 aromatic heterocycles. The summed E-state index contributed by atoms with van der Waals surface area (Å²) in [5.74, 6) is -1.09. The molecule has 0 heterocycles. The zero-order valence-electron chi connectivity index (χ0n) is 16.7. The summed E-state index contributed by atoms with van der Waals surface area (Å²) in [5, 5.41) is 8.71. The van der Waals surface area contributed by atoms with Crippen molar-refractivity contribution in [3.8, 4) is 0 Å². The van der Waals surface area contributed by atoms with Crippen molar-refractivity contribution in [1.82, 2.24) is 9.80 Å². The van der Waals surface area contributed by atoms with Gasteiger partial charge in [0.05, 0.1) is 6.42 Å². The van der Waals surface area contributed by atoms with Gasteiger partial charge in [0.2, 0.25) is 5.91 Å². The molecular formula is C21H32N2O4. The van der Waals surface area contributed by atoms with Crippen LogP contribution in [-0.4, -0.2) is 65.8 Å². The molecule has 0 spiro atoms. The predicted octanol–water partition coefficient (Wildman–Crippen LogP) is 2.86. The first-order valence-corrected chi connectivity index (χ1v) is 9.65. The van der Waals surface area contributed by atoms with Gasteiger partial charge in [-0.25, -0.2) is 0 Å². The highest BCUT2D eigenvalue weighted by Gasteiger charge is 2.17. The molecule has 150 valence electrons. The summed E-state index contributed by atoms with van der Waals surface area (Å²) in [6.07, 6.45) is 3.67. The average Bonchev–Trinajstić information content (AvgIpc) is 2.68. The minimum absolute atomic E-state index is 0.0370. The van der Waals surface area contributed by atoms with E-state index in [1.165, 1.54) is 0 Å². The van der Waals surface area contributed by atoms with Crippen LogP contribution in [0.5, 0.6) is 0 Å². The molecule has 0 radical (unpaired) electrons. The summed E-state index contributed by atoms with van der Waals surface area (Å²) >= 11 is 0. The Labute approximate surface area is 162 Å². The van der Waals surface area contributed by atoms with Gasteiger partial charge in [-0.2, -0.15) is 0 Å². The fourth-order valence-corrected chi connectivity index (χ4v) is 3.18. The van der Waals surface area contributed by atoms with E-state index in [2.05, 4.69) is 18.7 Å². The molecule has 0 atom stereocenters. The minimum atomic E-state index is -0.951. The second kappa shape index (κ2) is 12.2. The third kappa shape index (κ3) is 8.35. The average molecular weight is 376 g/mol. The Hall–Kier alpha value is -2.21. The van der Waals surface area contributed by atoms with E-state index >= 15 is 0 Å². The van der Waals surface area contributed by atoms with E-state index in [0.29, 0.717) is 18.2 Å². The number of benzene rings is 1. The van der Waals surface area contributed by atoms with Crippen LogP contribution in [0.4, 0.5) is 0 Å². The van der Waals surface area contributed by atoms with Crippen LogP contribution < -0.4 is 0 Å². The normalized spacial score (nSPS) is 11.0. The zero-order chi connectivity index (χ0) is 20.2. The van der Waals surface area contributed by atoms with Gasteiger partial charge in [0.1, 0.15) is 6.29 Å². The van der Waals surface area contributed by atoms with Gasteiger partial charge in [0.15, 0.2) is 0 Å². The van der Waals surface area contributed by atoms with E-state index in [0.717, 1.165) is 44.2 Å². The first-order valence-electron chi connectivity index (χ1n) is 9.65. The van der Waals surface area contributed by atoms with Crippen LogP contribution in [0.3, 0.4) is 0 Å². The number of nitrogens with zero attached hydrogens (tertiary/aromatic N) is 2. The van der Waals surface area contributed by atoms with Crippen molar-refractivity contribution in [3.05, 3.63) is 35.4 Å². The topological polar surface area (TPSA) is 77.9 Å². The Morgan fingerprint density at radius 2 is 1.81 bits per heavy atom. The lowest BCUT2D eigenvalue weighted by atomic mass is 10.1. The molecule has 1 rings (SSSR count). The van der Waals surface area contributed by atoms with E-state index in [1.807, 2.05) is 18.2 Å². The van der Waals surface area contributed by atoms with Crippen LogP contribution in [0.15, 0.2) is 24.3 Å². The number of rotatable bonds is 13. The Morgan fingerprint density at radius 1 is 1.11 bits per heavy atom. The maximum absolute atomic E-state index is 12.0. The molecule has 6 heteroatoms. The van der Waals surface area contributed by atoms with Gasteiger partial charge < -0.3 is 10.0 Å². The van der Waals surface area contributed by atoms with Crippen LogP contribution in [0.2, 0.25) is 0 Å². The maximum atomic E-state index is 12.0. The number of carboxylic acids is 1. The molecule has 1 N–H and O–H groups in total. The number of carboxylic acid groups (broad SMARTS) is 1. The Balaban J connectivity index is 2.64. The van der Waals surface area contributed by atoms with Gasteiger partial charge in [-0.05, 0) is 30.9 Å². The van der Waals surface area contributed by atoms with Crippen LogP contribution >= 0.6 is 0 Å². The molecule has 0 bridgehead atoms. The largest absolute Gasteiger partial charge is 0.481 e. The highest BCUT2D eigenvalue weighted by molar-refractivity contribution is 5.80. The lowest BCUT2D eigenvalue weighted by Crippen LogP contribution is -2.42. The fraction of sp³-hybridized carbons (Fsp3) is 0.571. The lowest BCUT2D eigenvalue weighted by Gasteiger charge is -2.32. The minimum Gasteiger partial charge on any atom is -0.481 e. The summed E-state index contributed by atoms with van der Waals surface area (Å²) < 4.78 is 0. The monoisotopic (exact) mass is 376 g/mol. The molecule has 0 aliphatic heterocycles. The van der Waals surface area contributed by atoms with E-state index in [9.17, 15) is 14.4 Å². The van der Waals surface area contributed by atoms with Crippen molar-refractivity contribution in [2.24, 2.45) is 0 Å². The van der Waals surface area contributed by atoms with Gasteiger partial charge in [-0.15, -0.1) is 0 Å². The van der Waals surface area contributed by atoms with Crippen molar-refractivity contribution < 1.29 is 19.5 Å². The van der Waals surface area contributed by atoms with Crippen molar-refractivity contribution in [3.63, 3.8) is 0 Å². The number of aliphatic carboxylic acids is 1. The van der Waals surface area contributed by atoms with Crippen LogP contribution in [-0.2, 0) is 16.0 Å². The first-order chi connectivity index (χ1) is 12.9. The van der Waals surface area contributed by atoms with Crippen LogP contribution in [0.1, 0.15) is 55.5 Å². The molecule has 0 fully saturated rings. The third-order valence-electron chi connectivity index (χ3n) is 4.93. The number of aldehydes is 1. The molecule has 27 heavy (non-hydrogen) atoms. The van der Waals surface area contributed by atoms with E-state index in [-0.39, 0.29) is 18.7 Å². The Bertz CT molecular complexity index is 614. The van der Waals surface area contributed by atoms with Gasteiger partial charge in [-0.1, -0.05) is 32.0 Å². The van der Waals surface area contributed by atoms with Crippen LogP contribution in [0.25, 0.3) is 0 Å². The quantitative estimate of drug-likeness (QED) is 0.536. The summed E-state index contributed by atoms with van der Waals surface area (Å²) in [6, 6.07) is 8.07. The first kappa shape index (κ1) is 22.8. The molecule has 1 aromatic carbocycles. The van der Waals surface area contributed by atoms with Gasteiger partial charge in [0.25, 0.3) is 0 Å². The molecular weight excluding hydrogens is 344 g/mol. The Morgan fingerprint density at radius 3 is 2.41 bits per heavy atom. The number of carbonyl (C=O) groups excluding carboxylic acids is 2. The van der Waals surface area contributed by atoms with Gasteiger partial charge in [-0.3, -0.25) is 19.3 Å². The summed E-state index contributed by atoms with van der Waals surface area (Å²) in [7, 11) is 1.73. The second-order valence-corrected chi connectivity index (χ2v) is 6.83. The standard InChI is InChI=1S/C21H32N2O4/c1-4-19(5-2)23(12-11-17-7-6-8-18(15-17)16-24)14-13-22(3)20(25)9-10-21(26)27/h6-8,15-16,19H,4-5,9-14H2,1-3H3,(H,26,27). The molecule has 6 nitrogen and oxygen atoms in total. The number of hydrogen-bond donors (Lipinski definition) is 1. The van der Waals surface area contributed by atoms with E-state index in [4.69, 9.17) is 5.11 Å². The SMILES string of the molecule is CCC(CC)N(CCc1cccc(C=O)c1)CCN(C)C(=O)CCC(=O)O. The van der Waals surface area contributed by atoms with Crippen molar-refractivity contribution in [2.75, 3.05) is 26.7 Å². The molecule has 0 unspecified atom stereocenters. The number of carbonyl (C=O) groups is 3. The second-order valence-electron chi connectivity index (χ2n) is 6.83. The summed E-state index contributed by atoms with van der Waals surface area (Å²) in [4.78, 5) is 37.6. The molecule has 1 amide bonds. The number of likely N-dealkylation sites (N-methyl/N-ethyl adjacent to an activating group) is 1. The molecule has 0 aliphatic carbocycles. The smallest absolute Gasteiger partial charge is 0.303 e. The molecule has 0 aliphatic rings. The maximum Gasteiger partial charge on any atom is 0.303 e. The highest BCUT2D eigenvalue weighted by atomic mass is 16.4. The molecule has 0 saturated heterocycles. The van der Waals surface area contributed by atoms with Crippen molar-refractivity contribution >= 4 is 18.2 Å².